The first-order chi connectivity index (χ1) is 10.7. The molecular weight excluding hydrogens is 300 g/mol. The summed E-state index contributed by atoms with van der Waals surface area (Å²) in [5, 5.41) is 3.96. The second-order valence-electron chi connectivity index (χ2n) is 5.18. The van der Waals surface area contributed by atoms with Crippen LogP contribution in [0.15, 0.2) is 39.5 Å². The number of aryl methyl sites for hydroxylation is 2. The molecule has 2 aromatic heterocycles. The average Bonchev–Trinajstić information content (AvgIpc) is 3.07. The lowest BCUT2D eigenvalue weighted by Crippen LogP contribution is -2.20. The van der Waals surface area contributed by atoms with Crippen LogP contribution in [0.2, 0.25) is 0 Å². The Hall–Kier alpha value is -2.47. The number of nitrogens with zero attached hydrogens (tertiary/aromatic N) is 1. The molecule has 1 aromatic carbocycles. The van der Waals surface area contributed by atoms with Gasteiger partial charge in [-0.1, -0.05) is 18.2 Å². The third kappa shape index (κ3) is 2.21. The average molecular weight is 312 g/mol. The molecule has 0 atom stereocenters. The summed E-state index contributed by atoms with van der Waals surface area (Å²) in [6.45, 7) is 0. The zero-order valence-corrected chi connectivity index (χ0v) is 12.4. The highest BCUT2D eigenvalue weighted by atomic mass is 32.1. The summed E-state index contributed by atoms with van der Waals surface area (Å²) in [7, 11) is 0. The van der Waals surface area contributed by atoms with Gasteiger partial charge in [0, 0.05) is 10.3 Å². The summed E-state index contributed by atoms with van der Waals surface area (Å²) < 4.78 is 5.18. The van der Waals surface area contributed by atoms with E-state index in [1.807, 2.05) is 6.07 Å². The number of nitrogens with one attached hydrogen (secondary N) is 1. The molecule has 0 saturated carbocycles. The van der Waals surface area contributed by atoms with E-state index < -0.39 is 11.5 Å². The second kappa shape index (κ2) is 5.06. The molecule has 1 amide bonds. The van der Waals surface area contributed by atoms with Crippen LogP contribution >= 0.6 is 11.3 Å². The maximum atomic E-state index is 12.3. The largest absolute Gasteiger partial charge is 0.422 e. The van der Waals surface area contributed by atoms with Crippen molar-refractivity contribution >= 4 is 33.3 Å². The van der Waals surface area contributed by atoms with Crippen LogP contribution in [0.1, 0.15) is 27.3 Å². The molecule has 0 spiro atoms. The minimum Gasteiger partial charge on any atom is -0.422 e. The van der Waals surface area contributed by atoms with Gasteiger partial charge >= 0.3 is 5.63 Å². The van der Waals surface area contributed by atoms with Crippen molar-refractivity contribution in [3.8, 4) is 0 Å². The van der Waals surface area contributed by atoms with Gasteiger partial charge in [0.05, 0.1) is 5.69 Å². The van der Waals surface area contributed by atoms with Gasteiger partial charge in [-0.25, -0.2) is 9.78 Å². The first-order valence-corrected chi connectivity index (χ1v) is 7.85. The smallest absolute Gasteiger partial charge is 0.349 e. The van der Waals surface area contributed by atoms with Crippen LogP contribution in [-0.4, -0.2) is 10.9 Å². The van der Waals surface area contributed by atoms with Crippen molar-refractivity contribution in [2.24, 2.45) is 0 Å². The Bertz CT molecular complexity index is 920. The lowest BCUT2D eigenvalue weighted by molar-refractivity contribution is 0.102. The van der Waals surface area contributed by atoms with Crippen LogP contribution in [0.25, 0.3) is 11.0 Å². The Morgan fingerprint density at radius 3 is 3.00 bits per heavy atom. The van der Waals surface area contributed by atoms with Gasteiger partial charge in [0.25, 0.3) is 5.91 Å². The third-order valence-corrected chi connectivity index (χ3v) is 4.78. The molecule has 0 radical (unpaired) electrons. The lowest BCUT2D eigenvalue weighted by atomic mass is 10.2. The molecule has 0 unspecified atom stereocenters. The highest BCUT2D eigenvalue weighted by Gasteiger charge is 2.20. The predicted molar refractivity (Wildman–Crippen MR) is 84.6 cm³/mol. The number of para-hydroxylation sites is 1. The molecule has 6 heteroatoms. The molecule has 0 bridgehead atoms. The van der Waals surface area contributed by atoms with Crippen molar-refractivity contribution in [1.82, 2.24) is 4.98 Å². The van der Waals surface area contributed by atoms with Crippen LogP contribution in [0.5, 0.6) is 0 Å². The van der Waals surface area contributed by atoms with Crippen LogP contribution in [0.3, 0.4) is 0 Å². The molecule has 0 aliphatic heterocycles. The number of hydrogen-bond acceptors (Lipinski definition) is 5. The van der Waals surface area contributed by atoms with E-state index in [0.717, 1.165) is 25.0 Å². The quantitative estimate of drug-likeness (QED) is 0.738. The van der Waals surface area contributed by atoms with Crippen molar-refractivity contribution in [2.45, 2.75) is 19.3 Å². The first kappa shape index (κ1) is 13.2. The van der Waals surface area contributed by atoms with Gasteiger partial charge in [-0.15, -0.1) is 11.3 Å². The van der Waals surface area contributed by atoms with E-state index in [4.69, 9.17) is 4.42 Å². The van der Waals surface area contributed by atoms with E-state index in [2.05, 4.69) is 10.3 Å². The summed E-state index contributed by atoms with van der Waals surface area (Å²) in [6, 6.07) is 8.66. The van der Waals surface area contributed by atoms with Crippen LogP contribution in [-0.2, 0) is 12.8 Å². The van der Waals surface area contributed by atoms with Crippen molar-refractivity contribution in [2.75, 3.05) is 5.32 Å². The van der Waals surface area contributed by atoms with Gasteiger partial charge in [-0.3, -0.25) is 10.1 Å². The summed E-state index contributed by atoms with van der Waals surface area (Å²) in [5.41, 5.74) is 0.887. The van der Waals surface area contributed by atoms with E-state index in [9.17, 15) is 9.59 Å². The van der Waals surface area contributed by atoms with E-state index >= 15 is 0 Å². The van der Waals surface area contributed by atoms with Crippen molar-refractivity contribution in [3.63, 3.8) is 0 Å². The number of hydrogen-bond donors (Lipinski definition) is 1. The van der Waals surface area contributed by atoms with Gasteiger partial charge in [0.2, 0.25) is 0 Å². The fourth-order valence-corrected chi connectivity index (χ4v) is 3.67. The number of carbonyl (C=O) groups excluding carboxylic acids is 1. The van der Waals surface area contributed by atoms with Crippen molar-refractivity contribution in [1.29, 1.82) is 0 Å². The Balaban J connectivity index is 1.67. The van der Waals surface area contributed by atoms with E-state index in [1.54, 1.807) is 24.3 Å². The molecule has 3 aromatic rings. The topological polar surface area (TPSA) is 72.2 Å². The molecule has 1 N–H and O–H groups in total. The van der Waals surface area contributed by atoms with Crippen LogP contribution < -0.4 is 10.9 Å². The highest BCUT2D eigenvalue weighted by molar-refractivity contribution is 7.16. The van der Waals surface area contributed by atoms with E-state index in [0.29, 0.717) is 16.1 Å². The molecule has 0 fully saturated rings. The third-order valence-electron chi connectivity index (χ3n) is 3.70. The standard InChI is InChI=1S/C16H12N2O3S/c19-14(18-16-17-11-5-3-7-13(11)22-16)10-8-9-4-1-2-6-12(9)21-15(10)20/h1-2,4,6,8H,3,5,7H2,(H,17,18,19). The number of rotatable bonds is 2. The Morgan fingerprint density at radius 1 is 1.27 bits per heavy atom. The molecule has 5 nitrogen and oxygen atoms in total. The van der Waals surface area contributed by atoms with Crippen LogP contribution in [0, 0.1) is 0 Å². The first-order valence-electron chi connectivity index (χ1n) is 7.03. The van der Waals surface area contributed by atoms with Crippen molar-refractivity contribution in [3.05, 3.63) is 56.9 Å². The Morgan fingerprint density at radius 2 is 2.14 bits per heavy atom. The normalized spacial score (nSPS) is 13.3. The molecule has 0 saturated heterocycles. The Labute approximate surface area is 129 Å². The molecule has 1 aliphatic rings. The minimum absolute atomic E-state index is 0.00550. The van der Waals surface area contributed by atoms with Gasteiger partial charge < -0.3 is 4.42 Å². The zero-order valence-electron chi connectivity index (χ0n) is 11.6. The zero-order chi connectivity index (χ0) is 15.1. The van der Waals surface area contributed by atoms with Crippen molar-refractivity contribution < 1.29 is 9.21 Å². The minimum atomic E-state index is -0.639. The maximum Gasteiger partial charge on any atom is 0.349 e. The number of anilines is 1. The number of fused-ring (bicyclic) bond motifs is 2. The summed E-state index contributed by atoms with van der Waals surface area (Å²) in [6.07, 6.45) is 3.09. The summed E-state index contributed by atoms with van der Waals surface area (Å²) >= 11 is 1.48. The Kier molecular flexibility index (Phi) is 3.04. The van der Waals surface area contributed by atoms with Gasteiger partial charge in [-0.05, 0) is 31.4 Å². The second-order valence-corrected chi connectivity index (χ2v) is 6.27. The molecular formula is C16H12N2O3S. The summed E-state index contributed by atoms with van der Waals surface area (Å²) in [4.78, 5) is 29.9. The predicted octanol–water partition coefficient (Wildman–Crippen LogP) is 2.99. The summed E-state index contributed by atoms with van der Waals surface area (Å²) in [5.74, 6) is -0.480. The highest BCUT2D eigenvalue weighted by Crippen LogP contribution is 2.30. The van der Waals surface area contributed by atoms with Gasteiger partial charge in [-0.2, -0.15) is 0 Å². The number of amides is 1. The molecule has 4 rings (SSSR count). The number of thiazole rings is 1. The fourth-order valence-electron chi connectivity index (χ4n) is 2.63. The number of benzene rings is 1. The lowest BCUT2D eigenvalue weighted by Gasteiger charge is -2.02. The van der Waals surface area contributed by atoms with Crippen LogP contribution in [0.4, 0.5) is 5.13 Å². The molecule has 1 aliphatic carbocycles. The maximum absolute atomic E-state index is 12.3. The molecule has 22 heavy (non-hydrogen) atoms. The SMILES string of the molecule is O=C(Nc1nc2c(s1)CCC2)c1cc2ccccc2oc1=O. The molecule has 110 valence electrons. The van der Waals surface area contributed by atoms with E-state index in [-0.39, 0.29) is 5.56 Å². The van der Waals surface area contributed by atoms with Gasteiger partial charge in [0.1, 0.15) is 11.1 Å². The monoisotopic (exact) mass is 312 g/mol. The fraction of sp³-hybridized carbons (Fsp3) is 0.188. The van der Waals surface area contributed by atoms with Gasteiger partial charge in [0.15, 0.2) is 5.13 Å². The molecule has 2 heterocycles. The van der Waals surface area contributed by atoms with E-state index in [1.165, 1.54) is 16.2 Å². The number of carbonyl (C=O) groups is 1. The number of aromatic nitrogens is 1.